The Morgan fingerprint density at radius 2 is 1.94 bits per heavy atom. The number of carboxylic acid groups (broad SMARTS) is 1. The van der Waals surface area contributed by atoms with Crippen LogP contribution in [0.3, 0.4) is 0 Å². The molecule has 1 heterocycles. The summed E-state index contributed by atoms with van der Waals surface area (Å²) in [6, 6.07) is 5.35. The zero-order chi connectivity index (χ0) is 12.4. The van der Waals surface area contributed by atoms with E-state index in [1.54, 1.807) is 25.3 Å². The summed E-state index contributed by atoms with van der Waals surface area (Å²) in [4.78, 5) is 15.6. The van der Waals surface area contributed by atoms with Crippen LogP contribution in [0.15, 0.2) is 24.4 Å². The van der Waals surface area contributed by atoms with Gasteiger partial charge in [0.1, 0.15) is 0 Å². The molecule has 0 saturated carbocycles. The van der Waals surface area contributed by atoms with Gasteiger partial charge in [-0.15, -0.1) is 11.8 Å². The molecule has 0 saturated heterocycles. The minimum absolute atomic E-state index is 0.134. The fraction of sp³-hybridized carbons (Fsp3) is 0.500. The van der Waals surface area contributed by atoms with Crippen molar-refractivity contribution in [1.82, 2.24) is 4.98 Å². The van der Waals surface area contributed by atoms with Crippen molar-refractivity contribution in [2.45, 2.75) is 37.2 Å². The maximum Gasteiger partial charge on any atom is 0.325 e. The van der Waals surface area contributed by atoms with Crippen LogP contribution in [0.1, 0.15) is 33.4 Å². The normalized spacial score (nSPS) is 15.5. The van der Waals surface area contributed by atoms with Crippen molar-refractivity contribution < 1.29 is 9.90 Å². The van der Waals surface area contributed by atoms with Gasteiger partial charge in [0.05, 0.1) is 5.69 Å². The number of nitrogens with zero attached hydrogens (tertiary/aromatic N) is 1. The number of hydrogen-bond donors (Lipinski definition) is 1. The number of pyridine rings is 1. The Bertz CT molecular complexity index is 372. The van der Waals surface area contributed by atoms with Gasteiger partial charge in [-0.05, 0) is 19.1 Å². The molecule has 1 aromatic rings. The van der Waals surface area contributed by atoms with Crippen molar-refractivity contribution in [2.24, 2.45) is 0 Å². The molecule has 1 aromatic heterocycles. The van der Waals surface area contributed by atoms with E-state index in [4.69, 9.17) is 0 Å². The number of hydrogen-bond acceptors (Lipinski definition) is 3. The van der Waals surface area contributed by atoms with Crippen LogP contribution in [0.2, 0.25) is 0 Å². The average molecular weight is 239 g/mol. The molecule has 4 heteroatoms. The molecule has 0 bridgehead atoms. The monoisotopic (exact) mass is 239 g/mol. The second-order valence-corrected chi connectivity index (χ2v) is 7.01. The summed E-state index contributed by atoms with van der Waals surface area (Å²) in [6.45, 7) is 7.71. The Morgan fingerprint density at radius 1 is 1.31 bits per heavy atom. The quantitative estimate of drug-likeness (QED) is 0.881. The molecule has 3 nitrogen and oxygen atoms in total. The van der Waals surface area contributed by atoms with Crippen molar-refractivity contribution >= 4 is 17.7 Å². The van der Waals surface area contributed by atoms with Crippen LogP contribution in [-0.4, -0.2) is 20.8 Å². The van der Waals surface area contributed by atoms with Crippen LogP contribution in [-0.2, 0) is 9.54 Å². The van der Waals surface area contributed by atoms with E-state index in [2.05, 4.69) is 4.98 Å². The first-order valence-corrected chi connectivity index (χ1v) is 5.92. The van der Waals surface area contributed by atoms with Gasteiger partial charge in [-0.25, -0.2) is 0 Å². The van der Waals surface area contributed by atoms with Crippen LogP contribution in [0.4, 0.5) is 0 Å². The van der Waals surface area contributed by atoms with Gasteiger partial charge in [0, 0.05) is 10.9 Å². The first-order valence-electron chi connectivity index (χ1n) is 5.11. The molecule has 1 rings (SSSR count). The minimum atomic E-state index is -1.00. The Hall–Kier alpha value is -1.03. The third-order valence-corrected chi connectivity index (χ3v) is 3.48. The Balaban J connectivity index is 3.13. The van der Waals surface area contributed by atoms with E-state index in [9.17, 15) is 9.90 Å². The standard InChI is InChI=1S/C12H17NO2S/c1-11(2,3)16-12(4,10(14)15)9-7-5-6-8-13-9/h5-8H,1-4H3,(H,14,15). The average Bonchev–Trinajstić information content (AvgIpc) is 2.16. The first kappa shape index (κ1) is 13.0. The predicted octanol–water partition coefficient (Wildman–Crippen LogP) is 2.91. The van der Waals surface area contributed by atoms with Gasteiger partial charge in [0.25, 0.3) is 0 Å². The lowest BCUT2D eigenvalue weighted by Crippen LogP contribution is -2.34. The lowest BCUT2D eigenvalue weighted by atomic mass is 10.1. The van der Waals surface area contributed by atoms with E-state index in [1.165, 1.54) is 11.8 Å². The van der Waals surface area contributed by atoms with E-state index < -0.39 is 10.7 Å². The highest BCUT2D eigenvalue weighted by atomic mass is 32.2. The highest BCUT2D eigenvalue weighted by Crippen LogP contribution is 2.43. The number of rotatable bonds is 3. The number of carbonyl (C=O) groups is 1. The van der Waals surface area contributed by atoms with Crippen LogP contribution < -0.4 is 0 Å². The molecule has 1 unspecified atom stereocenters. The summed E-state index contributed by atoms with van der Waals surface area (Å²) >= 11 is 1.40. The smallest absolute Gasteiger partial charge is 0.325 e. The van der Waals surface area contributed by atoms with Gasteiger partial charge < -0.3 is 5.11 Å². The molecule has 0 aliphatic carbocycles. The summed E-state index contributed by atoms with van der Waals surface area (Å²) in [7, 11) is 0. The Kier molecular flexibility index (Phi) is 3.63. The lowest BCUT2D eigenvalue weighted by molar-refractivity contribution is -0.139. The van der Waals surface area contributed by atoms with Crippen molar-refractivity contribution in [3.63, 3.8) is 0 Å². The molecular weight excluding hydrogens is 222 g/mol. The maximum absolute atomic E-state index is 11.4. The van der Waals surface area contributed by atoms with Crippen molar-refractivity contribution in [3.8, 4) is 0 Å². The topological polar surface area (TPSA) is 50.2 Å². The zero-order valence-corrected chi connectivity index (χ0v) is 10.8. The second-order valence-electron chi connectivity index (χ2n) is 4.77. The molecule has 88 valence electrons. The molecule has 1 atom stereocenters. The molecule has 0 aliphatic heterocycles. The van der Waals surface area contributed by atoms with E-state index in [-0.39, 0.29) is 4.75 Å². The number of aliphatic carboxylic acids is 1. The van der Waals surface area contributed by atoms with E-state index in [0.29, 0.717) is 5.69 Å². The molecule has 0 aromatic carbocycles. The van der Waals surface area contributed by atoms with Gasteiger partial charge in [0.15, 0.2) is 4.75 Å². The Labute approximate surface area is 100 Å². The summed E-state index contributed by atoms with van der Waals surface area (Å²) < 4.78 is -1.13. The minimum Gasteiger partial charge on any atom is -0.480 e. The van der Waals surface area contributed by atoms with E-state index >= 15 is 0 Å². The summed E-state index contributed by atoms with van der Waals surface area (Å²) in [5.74, 6) is -0.855. The molecule has 0 aliphatic rings. The first-order chi connectivity index (χ1) is 7.26. The summed E-state index contributed by atoms with van der Waals surface area (Å²) in [5, 5.41) is 9.39. The third-order valence-electron chi connectivity index (χ3n) is 2.07. The zero-order valence-electron chi connectivity index (χ0n) is 10.0. The largest absolute Gasteiger partial charge is 0.480 e. The fourth-order valence-corrected chi connectivity index (χ4v) is 3.00. The van der Waals surface area contributed by atoms with Gasteiger partial charge >= 0.3 is 5.97 Å². The molecule has 0 spiro atoms. The number of aromatic nitrogens is 1. The third kappa shape index (κ3) is 2.98. The molecule has 0 fully saturated rings. The van der Waals surface area contributed by atoms with Crippen molar-refractivity contribution in [1.29, 1.82) is 0 Å². The summed E-state index contributed by atoms with van der Waals surface area (Å²) in [6.07, 6.45) is 1.62. The predicted molar refractivity (Wildman–Crippen MR) is 66.6 cm³/mol. The van der Waals surface area contributed by atoms with Crippen LogP contribution >= 0.6 is 11.8 Å². The number of thioether (sulfide) groups is 1. The fourth-order valence-electron chi connectivity index (χ4n) is 1.46. The van der Waals surface area contributed by atoms with Gasteiger partial charge in [0.2, 0.25) is 0 Å². The highest BCUT2D eigenvalue weighted by Gasteiger charge is 2.40. The molecule has 16 heavy (non-hydrogen) atoms. The van der Waals surface area contributed by atoms with Crippen LogP contribution in [0, 0.1) is 0 Å². The van der Waals surface area contributed by atoms with Gasteiger partial charge in [-0.2, -0.15) is 0 Å². The van der Waals surface area contributed by atoms with E-state index in [0.717, 1.165) is 0 Å². The second kappa shape index (κ2) is 4.45. The van der Waals surface area contributed by atoms with Gasteiger partial charge in [-0.3, -0.25) is 9.78 Å². The molecule has 0 radical (unpaired) electrons. The lowest BCUT2D eigenvalue weighted by Gasteiger charge is -2.31. The summed E-state index contributed by atoms with van der Waals surface area (Å²) in [5.41, 5.74) is 0.586. The van der Waals surface area contributed by atoms with Crippen molar-refractivity contribution in [3.05, 3.63) is 30.1 Å². The van der Waals surface area contributed by atoms with Gasteiger partial charge in [-0.1, -0.05) is 26.8 Å². The highest BCUT2D eigenvalue weighted by molar-refractivity contribution is 8.02. The maximum atomic E-state index is 11.4. The number of carboxylic acids is 1. The van der Waals surface area contributed by atoms with Crippen LogP contribution in [0.25, 0.3) is 0 Å². The van der Waals surface area contributed by atoms with E-state index in [1.807, 2.05) is 26.8 Å². The Morgan fingerprint density at radius 3 is 2.31 bits per heavy atom. The van der Waals surface area contributed by atoms with Crippen molar-refractivity contribution in [2.75, 3.05) is 0 Å². The SMILES string of the molecule is CC(C)(C)SC(C)(C(=O)O)c1ccccn1. The van der Waals surface area contributed by atoms with Crippen LogP contribution in [0.5, 0.6) is 0 Å². The molecule has 1 N–H and O–H groups in total. The molecule has 0 amide bonds. The molecular formula is C12H17NO2S.